The molecule has 7 heteroatoms. The molecule has 1 N–H and O–H groups in total. The van der Waals surface area contributed by atoms with Crippen LogP contribution in [0.15, 0.2) is 73.1 Å². The lowest BCUT2D eigenvalue weighted by Gasteiger charge is -2.44. The molecule has 0 bridgehead atoms. The number of ether oxygens (including phenoxy) is 1. The topological polar surface area (TPSA) is 62.7 Å². The number of aromatic nitrogens is 1. The summed E-state index contributed by atoms with van der Waals surface area (Å²) < 4.78 is 6.27. The minimum absolute atomic E-state index is 0.301. The second kappa shape index (κ2) is 8.74. The molecule has 0 saturated carbocycles. The van der Waals surface area contributed by atoms with Crippen molar-refractivity contribution in [2.75, 3.05) is 7.05 Å². The van der Waals surface area contributed by atoms with Gasteiger partial charge in [0.05, 0.1) is 6.04 Å². The predicted octanol–water partition coefficient (Wildman–Crippen LogP) is 4.76. The third-order valence-electron chi connectivity index (χ3n) is 5.33. The van der Waals surface area contributed by atoms with Crippen molar-refractivity contribution in [3.63, 3.8) is 0 Å². The lowest BCUT2D eigenvalue weighted by molar-refractivity contribution is -0.185. The van der Waals surface area contributed by atoms with Crippen LogP contribution in [0, 0.1) is 0 Å². The first-order valence-electron chi connectivity index (χ1n) is 9.47. The van der Waals surface area contributed by atoms with E-state index in [2.05, 4.69) is 4.98 Å². The van der Waals surface area contributed by atoms with Crippen LogP contribution in [-0.2, 0) is 9.53 Å². The zero-order chi connectivity index (χ0) is 21.3. The number of hydrogen-bond donors (Lipinski definition) is 1. The largest absolute Gasteiger partial charge is 0.385 e. The SMILES string of the molecule is CN1C(=O)[C@@H]([C@@H](O)c2ccncc2)O[C@H](c2ccc(Cl)cc2)[C@@H]1c1ccc(Cl)cc1. The lowest BCUT2D eigenvalue weighted by atomic mass is 9.90. The van der Waals surface area contributed by atoms with Crippen molar-refractivity contribution in [1.82, 2.24) is 9.88 Å². The molecular formula is C23H20Cl2N2O3. The van der Waals surface area contributed by atoms with Crippen molar-refractivity contribution in [3.05, 3.63) is 99.8 Å². The molecule has 30 heavy (non-hydrogen) atoms. The van der Waals surface area contributed by atoms with Gasteiger partial charge in [-0.15, -0.1) is 0 Å². The fourth-order valence-corrected chi connectivity index (χ4v) is 4.00. The number of amides is 1. The van der Waals surface area contributed by atoms with Crippen LogP contribution in [0.4, 0.5) is 0 Å². The van der Waals surface area contributed by atoms with Crippen molar-refractivity contribution in [1.29, 1.82) is 0 Å². The number of carbonyl (C=O) groups excluding carboxylic acids is 1. The van der Waals surface area contributed by atoms with Crippen LogP contribution >= 0.6 is 23.2 Å². The van der Waals surface area contributed by atoms with Gasteiger partial charge in [-0.05, 0) is 53.1 Å². The predicted molar refractivity (Wildman–Crippen MR) is 115 cm³/mol. The molecule has 4 atom stereocenters. The highest BCUT2D eigenvalue weighted by atomic mass is 35.5. The molecule has 5 nitrogen and oxygen atoms in total. The van der Waals surface area contributed by atoms with Gasteiger partial charge >= 0.3 is 0 Å². The monoisotopic (exact) mass is 442 g/mol. The normalized spacial score (nSPS) is 22.7. The number of aliphatic hydroxyl groups is 1. The Bertz CT molecular complexity index is 1010. The minimum Gasteiger partial charge on any atom is -0.385 e. The molecule has 3 aromatic rings. The van der Waals surface area contributed by atoms with Crippen LogP contribution in [0.25, 0.3) is 0 Å². The number of aliphatic hydroxyl groups excluding tert-OH is 1. The smallest absolute Gasteiger partial charge is 0.255 e. The number of morpholine rings is 1. The average molecular weight is 443 g/mol. The van der Waals surface area contributed by atoms with Gasteiger partial charge in [0, 0.05) is 29.5 Å². The summed E-state index contributed by atoms with van der Waals surface area (Å²) in [5.74, 6) is -0.301. The van der Waals surface area contributed by atoms with E-state index in [4.69, 9.17) is 27.9 Å². The molecule has 2 aromatic carbocycles. The molecule has 1 aromatic heterocycles. The van der Waals surface area contributed by atoms with E-state index in [-0.39, 0.29) is 5.91 Å². The van der Waals surface area contributed by atoms with Crippen molar-refractivity contribution >= 4 is 29.1 Å². The van der Waals surface area contributed by atoms with E-state index in [0.29, 0.717) is 15.6 Å². The van der Waals surface area contributed by atoms with E-state index in [1.165, 1.54) is 0 Å². The van der Waals surface area contributed by atoms with E-state index in [0.717, 1.165) is 11.1 Å². The van der Waals surface area contributed by atoms with Crippen LogP contribution in [0.2, 0.25) is 10.0 Å². The number of halogens is 2. The van der Waals surface area contributed by atoms with E-state index in [9.17, 15) is 9.90 Å². The van der Waals surface area contributed by atoms with E-state index in [1.54, 1.807) is 60.7 Å². The quantitative estimate of drug-likeness (QED) is 0.632. The molecular weight excluding hydrogens is 423 g/mol. The number of benzene rings is 2. The fourth-order valence-electron chi connectivity index (χ4n) is 3.75. The van der Waals surface area contributed by atoms with Gasteiger partial charge < -0.3 is 14.7 Å². The van der Waals surface area contributed by atoms with Crippen molar-refractivity contribution in [2.45, 2.75) is 24.4 Å². The summed E-state index contributed by atoms with van der Waals surface area (Å²) in [5.41, 5.74) is 2.30. The molecule has 0 radical (unpaired) electrons. The summed E-state index contributed by atoms with van der Waals surface area (Å²) in [6.07, 6.45) is 0.462. The third-order valence-corrected chi connectivity index (χ3v) is 5.84. The first-order chi connectivity index (χ1) is 14.5. The highest BCUT2D eigenvalue weighted by Crippen LogP contribution is 2.43. The summed E-state index contributed by atoms with van der Waals surface area (Å²) >= 11 is 12.1. The fraction of sp³-hybridized carbons (Fsp3) is 0.217. The van der Waals surface area contributed by atoms with Gasteiger partial charge in [0.25, 0.3) is 5.91 Å². The number of carbonyl (C=O) groups is 1. The Hall–Kier alpha value is -2.44. The highest BCUT2D eigenvalue weighted by Gasteiger charge is 2.45. The molecule has 0 spiro atoms. The molecule has 154 valence electrons. The molecule has 1 fully saturated rings. The molecule has 1 amide bonds. The van der Waals surface area contributed by atoms with E-state index >= 15 is 0 Å². The maximum Gasteiger partial charge on any atom is 0.255 e. The number of nitrogens with zero attached hydrogens (tertiary/aromatic N) is 2. The Labute approximate surface area is 184 Å². The van der Waals surface area contributed by atoms with Crippen LogP contribution in [0.5, 0.6) is 0 Å². The summed E-state index contributed by atoms with van der Waals surface area (Å²) in [7, 11) is 1.72. The van der Waals surface area contributed by atoms with Gasteiger partial charge in [-0.25, -0.2) is 0 Å². The summed E-state index contributed by atoms with van der Waals surface area (Å²) in [6, 6.07) is 17.6. The number of pyridine rings is 1. The number of rotatable bonds is 4. The summed E-state index contributed by atoms with van der Waals surface area (Å²) in [6.45, 7) is 0. The molecule has 0 aliphatic carbocycles. The molecule has 1 saturated heterocycles. The van der Waals surface area contributed by atoms with Crippen LogP contribution in [-0.4, -0.2) is 34.0 Å². The van der Waals surface area contributed by atoms with Gasteiger partial charge in [-0.2, -0.15) is 0 Å². The zero-order valence-corrected chi connectivity index (χ0v) is 17.7. The van der Waals surface area contributed by atoms with Gasteiger partial charge in [-0.3, -0.25) is 9.78 Å². The Morgan fingerprint density at radius 3 is 2.03 bits per heavy atom. The van der Waals surface area contributed by atoms with Crippen LogP contribution in [0.3, 0.4) is 0 Å². The molecule has 1 aliphatic heterocycles. The first kappa shape index (κ1) is 20.8. The summed E-state index contributed by atoms with van der Waals surface area (Å²) in [5, 5.41) is 12.1. The third kappa shape index (κ3) is 4.07. The highest BCUT2D eigenvalue weighted by molar-refractivity contribution is 6.30. The molecule has 0 unspecified atom stereocenters. The first-order valence-corrected chi connectivity index (χ1v) is 10.2. The summed E-state index contributed by atoms with van der Waals surface area (Å²) in [4.78, 5) is 18.8. The second-order valence-electron chi connectivity index (χ2n) is 7.20. The lowest BCUT2D eigenvalue weighted by Crippen LogP contribution is -2.51. The van der Waals surface area contributed by atoms with Crippen LogP contribution < -0.4 is 0 Å². The van der Waals surface area contributed by atoms with Gasteiger partial charge in [-0.1, -0.05) is 47.5 Å². The molecule has 1 aliphatic rings. The standard InChI is InChI=1S/C23H20Cl2N2O3/c1-27-19(14-2-6-17(24)7-3-14)21(16-4-8-18(25)9-5-16)30-22(23(27)29)20(28)15-10-12-26-13-11-15/h2-13,19-22,28H,1H3/t19-,20-,21+,22+/m0/s1. The Kier molecular flexibility index (Phi) is 6.06. The van der Waals surface area contributed by atoms with Gasteiger partial charge in [0.15, 0.2) is 6.10 Å². The van der Waals surface area contributed by atoms with Crippen LogP contribution in [0.1, 0.15) is 34.9 Å². The second-order valence-corrected chi connectivity index (χ2v) is 8.07. The number of likely N-dealkylation sites (N-methyl/N-ethyl adjacent to an activating group) is 1. The van der Waals surface area contributed by atoms with Crippen molar-refractivity contribution < 1.29 is 14.6 Å². The van der Waals surface area contributed by atoms with E-state index < -0.39 is 24.4 Å². The average Bonchev–Trinajstić information content (AvgIpc) is 2.77. The Balaban J connectivity index is 1.74. The zero-order valence-electron chi connectivity index (χ0n) is 16.2. The Morgan fingerprint density at radius 1 is 0.933 bits per heavy atom. The maximum absolute atomic E-state index is 13.2. The van der Waals surface area contributed by atoms with Crippen molar-refractivity contribution in [2.24, 2.45) is 0 Å². The van der Waals surface area contributed by atoms with Gasteiger partial charge in [0.2, 0.25) is 0 Å². The molecule has 4 rings (SSSR count). The number of hydrogen-bond acceptors (Lipinski definition) is 4. The minimum atomic E-state index is -1.12. The Morgan fingerprint density at radius 2 is 1.47 bits per heavy atom. The van der Waals surface area contributed by atoms with E-state index in [1.807, 2.05) is 24.3 Å². The molecule has 2 heterocycles. The van der Waals surface area contributed by atoms with Crippen molar-refractivity contribution in [3.8, 4) is 0 Å². The maximum atomic E-state index is 13.2. The van der Waals surface area contributed by atoms with Gasteiger partial charge in [0.1, 0.15) is 12.2 Å².